The van der Waals surface area contributed by atoms with E-state index in [1.54, 1.807) is 4.90 Å². The number of nitrogens with one attached hydrogen (secondary N) is 2. The maximum absolute atomic E-state index is 12.7. The summed E-state index contributed by atoms with van der Waals surface area (Å²) >= 11 is 12.1. The second kappa shape index (κ2) is 10.7. The molecule has 7 heteroatoms. The van der Waals surface area contributed by atoms with E-state index in [9.17, 15) is 9.59 Å². The maximum Gasteiger partial charge on any atom is 0.321 e. The van der Waals surface area contributed by atoms with Gasteiger partial charge < -0.3 is 10.6 Å². The number of rotatable bonds is 8. The van der Waals surface area contributed by atoms with Crippen molar-refractivity contribution in [3.05, 3.63) is 99.5 Å². The Hall–Kier alpha value is -3.02. The van der Waals surface area contributed by atoms with Crippen molar-refractivity contribution in [2.75, 3.05) is 24.5 Å². The maximum atomic E-state index is 12.7. The number of hydrogen-bond acceptors (Lipinski definition) is 2. The zero-order valence-electron chi connectivity index (χ0n) is 18.1. The quantitative estimate of drug-likeness (QED) is 0.463. The van der Waals surface area contributed by atoms with E-state index in [1.165, 1.54) is 0 Å². The van der Waals surface area contributed by atoms with Crippen LogP contribution in [0.3, 0.4) is 0 Å². The second-order valence-electron chi connectivity index (χ2n) is 8.11. The van der Waals surface area contributed by atoms with Crippen LogP contribution in [0.1, 0.15) is 22.6 Å². The number of amides is 3. The molecule has 0 spiro atoms. The van der Waals surface area contributed by atoms with Crippen molar-refractivity contribution < 1.29 is 9.59 Å². The summed E-state index contributed by atoms with van der Waals surface area (Å²) in [4.78, 5) is 26.2. The summed E-state index contributed by atoms with van der Waals surface area (Å²) in [5.41, 5.74) is 3.99. The Morgan fingerprint density at radius 2 is 1.52 bits per heavy atom. The Labute approximate surface area is 203 Å². The summed E-state index contributed by atoms with van der Waals surface area (Å²) in [7, 11) is 0. The highest BCUT2D eigenvalue weighted by atomic mass is 35.5. The SMILES string of the molecule is O=C(Cc1ccc(N2CCNC2=O)cc1)NC[C@H](Cc1ccc(Cl)cc1)c1ccc(Cl)cc1. The molecule has 2 N–H and O–H groups in total. The highest BCUT2D eigenvalue weighted by Gasteiger charge is 2.21. The summed E-state index contributed by atoms with van der Waals surface area (Å²) in [5.74, 6) is 0.0557. The molecule has 3 aromatic rings. The zero-order valence-corrected chi connectivity index (χ0v) is 19.6. The van der Waals surface area contributed by atoms with Gasteiger partial charge in [-0.1, -0.05) is 59.6 Å². The molecule has 3 aromatic carbocycles. The average Bonchev–Trinajstić information content (AvgIpc) is 3.25. The Morgan fingerprint density at radius 3 is 2.12 bits per heavy atom. The van der Waals surface area contributed by atoms with Crippen molar-refractivity contribution in [2.24, 2.45) is 0 Å². The Morgan fingerprint density at radius 1 is 0.909 bits per heavy atom. The van der Waals surface area contributed by atoms with Gasteiger partial charge in [-0.2, -0.15) is 0 Å². The predicted octanol–water partition coefficient (Wildman–Crippen LogP) is 5.21. The lowest BCUT2D eigenvalue weighted by atomic mass is 9.92. The number of anilines is 1. The van der Waals surface area contributed by atoms with Crippen molar-refractivity contribution in [1.82, 2.24) is 10.6 Å². The van der Waals surface area contributed by atoms with E-state index in [4.69, 9.17) is 23.2 Å². The highest BCUT2D eigenvalue weighted by Crippen LogP contribution is 2.23. The van der Waals surface area contributed by atoms with Crippen LogP contribution in [0.5, 0.6) is 0 Å². The van der Waals surface area contributed by atoms with Gasteiger partial charge in [-0.05, 0) is 59.5 Å². The molecule has 4 rings (SSSR count). The molecule has 170 valence electrons. The van der Waals surface area contributed by atoms with Crippen LogP contribution < -0.4 is 15.5 Å². The summed E-state index contributed by atoms with van der Waals surface area (Å²) in [6.07, 6.45) is 1.05. The number of halogens is 2. The van der Waals surface area contributed by atoms with Gasteiger partial charge in [-0.3, -0.25) is 9.69 Å². The molecule has 1 saturated heterocycles. The summed E-state index contributed by atoms with van der Waals surface area (Å²) in [5, 5.41) is 7.25. The average molecular weight is 482 g/mol. The van der Waals surface area contributed by atoms with E-state index in [0.717, 1.165) is 28.8 Å². The molecule has 33 heavy (non-hydrogen) atoms. The fourth-order valence-corrected chi connectivity index (χ4v) is 4.20. The third-order valence-corrected chi connectivity index (χ3v) is 6.26. The minimum absolute atomic E-state index is 0.0447. The van der Waals surface area contributed by atoms with Crippen LogP contribution in [0.4, 0.5) is 10.5 Å². The first-order chi connectivity index (χ1) is 16.0. The van der Waals surface area contributed by atoms with E-state index in [1.807, 2.05) is 72.8 Å². The van der Waals surface area contributed by atoms with Crippen molar-refractivity contribution in [1.29, 1.82) is 0 Å². The third-order valence-electron chi connectivity index (χ3n) is 5.75. The molecule has 0 aromatic heterocycles. The smallest absolute Gasteiger partial charge is 0.321 e. The van der Waals surface area contributed by atoms with Gasteiger partial charge in [0.2, 0.25) is 5.91 Å². The molecule has 0 bridgehead atoms. The lowest BCUT2D eigenvalue weighted by Gasteiger charge is -2.19. The lowest BCUT2D eigenvalue weighted by molar-refractivity contribution is -0.120. The van der Waals surface area contributed by atoms with E-state index in [0.29, 0.717) is 29.7 Å². The molecular formula is C26H25Cl2N3O2. The number of benzene rings is 3. The monoisotopic (exact) mass is 481 g/mol. The van der Waals surface area contributed by atoms with Gasteiger partial charge in [0.1, 0.15) is 0 Å². The van der Waals surface area contributed by atoms with Crippen LogP contribution in [-0.4, -0.2) is 31.6 Å². The molecule has 5 nitrogen and oxygen atoms in total. The molecule has 0 unspecified atom stereocenters. The molecule has 1 aliphatic heterocycles. The van der Waals surface area contributed by atoms with Crippen molar-refractivity contribution >= 4 is 40.8 Å². The Bertz CT molecular complexity index is 1100. The first kappa shape index (κ1) is 23.1. The fraction of sp³-hybridized carbons (Fsp3) is 0.231. The summed E-state index contributed by atoms with van der Waals surface area (Å²) < 4.78 is 0. The van der Waals surface area contributed by atoms with E-state index < -0.39 is 0 Å². The molecule has 3 amide bonds. The predicted molar refractivity (Wildman–Crippen MR) is 133 cm³/mol. The lowest BCUT2D eigenvalue weighted by Crippen LogP contribution is -2.30. The molecule has 1 fully saturated rings. The van der Waals surface area contributed by atoms with Gasteiger partial charge in [-0.25, -0.2) is 4.79 Å². The normalized spacial score (nSPS) is 14.1. The van der Waals surface area contributed by atoms with Gasteiger partial charge in [0.25, 0.3) is 0 Å². The summed E-state index contributed by atoms with van der Waals surface area (Å²) in [6.45, 7) is 1.81. The summed E-state index contributed by atoms with van der Waals surface area (Å²) in [6, 6.07) is 23.0. The number of nitrogens with zero attached hydrogens (tertiary/aromatic N) is 1. The molecular weight excluding hydrogens is 457 g/mol. The molecule has 0 saturated carbocycles. The molecule has 0 aliphatic carbocycles. The fourth-order valence-electron chi connectivity index (χ4n) is 3.94. The van der Waals surface area contributed by atoms with Crippen LogP contribution in [0.25, 0.3) is 0 Å². The van der Waals surface area contributed by atoms with Crippen molar-refractivity contribution in [3.8, 4) is 0 Å². The number of hydrogen-bond donors (Lipinski definition) is 2. The Balaban J connectivity index is 1.38. The first-order valence-corrected chi connectivity index (χ1v) is 11.6. The number of carbonyl (C=O) groups is 2. The largest absolute Gasteiger partial charge is 0.355 e. The standard InChI is InChI=1S/C26H25Cl2N3O2/c27-22-7-1-18(2-8-22)15-21(20-5-9-23(28)10-6-20)17-30-25(32)16-19-3-11-24(12-4-19)31-14-13-29-26(31)33/h1-12,21H,13-17H2,(H,29,33)(H,30,32)/t21-/m0/s1. The molecule has 1 atom stereocenters. The van der Waals surface area contributed by atoms with Gasteiger partial charge in [-0.15, -0.1) is 0 Å². The van der Waals surface area contributed by atoms with E-state index in [-0.39, 0.29) is 24.3 Å². The number of urea groups is 1. The second-order valence-corrected chi connectivity index (χ2v) is 8.98. The van der Waals surface area contributed by atoms with Crippen LogP contribution in [0, 0.1) is 0 Å². The zero-order chi connectivity index (χ0) is 23.2. The number of carbonyl (C=O) groups excluding carboxylic acids is 2. The van der Waals surface area contributed by atoms with Crippen molar-refractivity contribution in [2.45, 2.75) is 18.8 Å². The van der Waals surface area contributed by atoms with Gasteiger partial charge >= 0.3 is 6.03 Å². The minimum Gasteiger partial charge on any atom is -0.355 e. The molecule has 1 heterocycles. The minimum atomic E-state index is -0.0885. The highest BCUT2D eigenvalue weighted by molar-refractivity contribution is 6.30. The van der Waals surface area contributed by atoms with Crippen LogP contribution in [0.2, 0.25) is 10.0 Å². The topological polar surface area (TPSA) is 61.4 Å². The van der Waals surface area contributed by atoms with E-state index in [2.05, 4.69) is 10.6 Å². The third kappa shape index (κ3) is 6.28. The van der Waals surface area contributed by atoms with Crippen LogP contribution in [-0.2, 0) is 17.6 Å². The van der Waals surface area contributed by atoms with Crippen LogP contribution in [0.15, 0.2) is 72.8 Å². The van der Waals surface area contributed by atoms with Gasteiger partial charge in [0.05, 0.1) is 6.42 Å². The molecule has 0 radical (unpaired) electrons. The van der Waals surface area contributed by atoms with Crippen LogP contribution >= 0.6 is 23.2 Å². The first-order valence-electron chi connectivity index (χ1n) is 10.9. The van der Waals surface area contributed by atoms with Gasteiger partial charge in [0, 0.05) is 41.3 Å². The Kier molecular flexibility index (Phi) is 7.53. The van der Waals surface area contributed by atoms with Gasteiger partial charge in [0.15, 0.2) is 0 Å². The van der Waals surface area contributed by atoms with Crippen molar-refractivity contribution in [3.63, 3.8) is 0 Å². The molecule has 1 aliphatic rings. The van der Waals surface area contributed by atoms with E-state index >= 15 is 0 Å².